The maximum Gasteiger partial charge on any atom is 0.269 e. The summed E-state index contributed by atoms with van der Waals surface area (Å²) in [6.45, 7) is 0.792. The van der Waals surface area contributed by atoms with Crippen LogP contribution < -0.4 is 10.5 Å². The van der Waals surface area contributed by atoms with Gasteiger partial charge in [-0.05, 0) is 43.6 Å². The topological polar surface area (TPSA) is 58.4 Å². The van der Waals surface area contributed by atoms with Crippen molar-refractivity contribution in [3.8, 4) is 0 Å². The molecule has 0 spiro atoms. The van der Waals surface area contributed by atoms with E-state index in [9.17, 15) is 9.59 Å². The molecule has 3 rings (SSSR count). The fourth-order valence-corrected chi connectivity index (χ4v) is 4.12. The summed E-state index contributed by atoms with van der Waals surface area (Å²) in [7, 11) is 3.72. The van der Waals surface area contributed by atoms with Gasteiger partial charge in [-0.25, -0.2) is 4.68 Å². The van der Waals surface area contributed by atoms with Crippen LogP contribution >= 0.6 is 11.3 Å². The highest BCUT2D eigenvalue weighted by Crippen LogP contribution is 2.23. The summed E-state index contributed by atoms with van der Waals surface area (Å²) in [5.41, 5.74) is 0.502. The van der Waals surface area contributed by atoms with Crippen LogP contribution in [0.3, 0.4) is 0 Å². The second kappa shape index (κ2) is 8.49. The van der Waals surface area contributed by atoms with E-state index in [0.717, 1.165) is 44.3 Å². The van der Waals surface area contributed by atoms with E-state index >= 15 is 0 Å². The Morgan fingerprint density at radius 2 is 2.23 bits per heavy atom. The Morgan fingerprint density at radius 1 is 1.38 bits per heavy atom. The lowest BCUT2D eigenvalue weighted by Crippen LogP contribution is -2.46. The maximum atomic E-state index is 12.8. The van der Waals surface area contributed by atoms with E-state index in [1.54, 1.807) is 17.5 Å². The highest BCUT2D eigenvalue weighted by Gasteiger charge is 2.27. The second-order valence-electron chi connectivity index (χ2n) is 6.96. The molecule has 1 aliphatic rings. The van der Waals surface area contributed by atoms with Crippen LogP contribution in [0.2, 0.25) is 0 Å². The fourth-order valence-electron chi connectivity index (χ4n) is 3.40. The number of aryl methyl sites for hydroxylation is 1. The molecule has 6 nitrogen and oxygen atoms in total. The molecule has 0 unspecified atom stereocenters. The van der Waals surface area contributed by atoms with Gasteiger partial charge in [-0.15, -0.1) is 11.3 Å². The minimum atomic E-state index is -0.239. The number of amides is 1. The second-order valence-corrected chi connectivity index (χ2v) is 7.99. The van der Waals surface area contributed by atoms with Gasteiger partial charge in [-0.1, -0.05) is 6.07 Å². The molecule has 7 heteroatoms. The van der Waals surface area contributed by atoms with Gasteiger partial charge in [0, 0.05) is 37.6 Å². The summed E-state index contributed by atoms with van der Waals surface area (Å²) < 4.78 is 1.26. The molecule has 0 saturated carbocycles. The summed E-state index contributed by atoms with van der Waals surface area (Å²) in [5.74, 6) is -0.00640. The molecule has 1 atom stereocenters. The van der Waals surface area contributed by atoms with Crippen LogP contribution in [0.4, 0.5) is 5.69 Å². The van der Waals surface area contributed by atoms with Crippen LogP contribution in [0.1, 0.15) is 30.6 Å². The van der Waals surface area contributed by atoms with E-state index in [1.165, 1.54) is 15.6 Å². The normalized spacial score (nSPS) is 17.3. The lowest BCUT2D eigenvalue weighted by molar-refractivity contribution is -0.136. The quantitative estimate of drug-likeness (QED) is 0.779. The van der Waals surface area contributed by atoms with Gasteiger partial charge in [0.05, 0.1) is 11.9 Å². The van der Waals surface area contributed by atoms with Gasteiger partial charge >= 0.3 is 0 Å². The highest BCUT2D eigenvalue weighted by molar-refractivity contribution is 7.09. The van der Waals surface area contributed by atoms with Crippen molar-refractivity contribution >= 4 is 22.9 Å². The SMILES string of the molecule is CN(C)c1cnn(CC(=O)N2CCCC[C@@H]2CCc2cccs2)c(=O)c1. The molecule has 1 aliphatic heterocycles. The maximum absolute atomic E-state index is 12.8. The first kappa shape index (κ1) is 18.6. The minimum Gasteiger partial charge on any atom is -0.376 e. The van der Waals surface area contributed by atoms with E-state index in [1.807, 2.05) is 23.9 Å². The van der Waals surface area contributed by atoms with Crippen LogP contribution in [0.5, 0.6) is 0 Å². The molecule has 0 bridgehead atoms. The molecule has 2 aromatic heterocycles. The number of hydrogen-bond donors (Lipinski definition) is 0. The summed E-state index contributed by atoms with van der Waals surface area (Å²) in [5, 5.41) is 6.25. The predicted molar refractivity (Wildman–Crippen MR) is 105 cm³/mol. The van der Waals surface area contributed by atoms with Gasteiger partial charge in [-0.2, -0.15) is 5.10 Å². The van der Waals surface area contributed by atoms with Crippen molar-refractivity contribution in [1.82, 2.24) is 14.7 Å². The number of hydrogen-bond acceptors (Lipinski definition) is 5. The van der Waals surface area contributed by atoms with Crippen molar-refractivity contribution in [3.63, 3.8) is 0 Å². The molecule has 2 aromatic rings. The van der Waals surface area contributed by atoms with Crippen molar-refractivity contribution in [3.05, 3.63) is 45.0 Å². The van der Waals surface area contributed by atoms with E-state index in [-0.39, 0.29) is 24.1 Å². The van der Waals surface area contributed by atoms with Gasteiger partial charge in [0.1, 0.15) is 6.54 Å². The van der Waals surface area contributed by atoms with Crippen LogP contribution in [0.15, 0.2) is 34.6 Å². The van der Waals surface area contributed by atoms with Crippen molar-refractivity contribution in [2.45, 2.75) is 44.7 Å². The van der Waals surface area contributed by atoms with Crippen molar-refractivity contribution < 1.29 is 4.79 Å². The molecule has 26 heavy (non-hydrogen) atoms. The van der Waals surface area contributed by atoms with Crippen LogP contribution in [0, 0.1) is 0 Å². The highest BCUT2D eigenvalue weighted by atomic mass is 32.1. The number of piperidine rings is 1. The Labute approximate surface area is 158 Å². The van der Waals surface area contributed by atoms with E-state index in [0.29, 0.717) is 0 Å². The van der Waals surface area contributed by atoms with Crippen LogP contribution in [-0.4, -0.2) is 47.3 Å². The largest absolute Gasteiger partial charge is 0.376 e. The number of thiophene rings is 1. The lowest BCUT2D eigenvalue weighted by Gasteiger charge is -2.36. The molecule has 3 heterocycles. The first-order valence-corrected chi connectivity index (χ1v) is 9.99. The van der Waals surface area contributed by atoms with Crippen LogP contribution in [0.25, 0.3) is 0 Å². The van der Waals surface area contributed by atoms with Gasteiger partial charge in [0.15, 0.2) is 0 Å². The van der Waals surface area contributed by atoms with Gasteiger partial charge in [0.2, 0.25) is 5.91 Å². The van der Waals surface area contributed by atoms with E-state index in [4.69, 9.17) is 0 Å². The summed E-state index contributed by atoms with van der Waals surface area (Å²) in [4.78, 5) is 30.2. The van der Waals surface area contributed by atoms with Gasteiger partial charge in [-0.3, -0.25) is 9.59 Å². The average Bonchev–Trinajstić information content (AvgIpc) is 3.15. The number of nitrogens with zero attached hydrogens (tertiary/aromatic N) is 4. The Hall–Kier alpha value is -2.15. The van der Waals surface area contributed by atoms with Gasteiger partial charge < -0.3 is 9.80 Å². The molecular weight excluding hydrogens is 348 g/mol. The number of rotatable bonds is 6. The third kappa shape index (κ3) is 4.52. The van der Waals surface area contributed by atoms with Crippen molar-refractivity contribution in [2.75, 3.05) is 25.5 Å². The monoisotopic (exact) mass is 374 g/mol. The predicted octanol–water partition coefficient (Wildman–Crippen LogP) is 2.38. The molecule has 1 fully saturated rings. The summed E-state index contributed by atoms with van der Waals surface area (Å²) >= 11 is 1.77. The molecule has 0 N–H and O–H groups in total. The average molecular weight is 375 g/mol. The molecule has 0 aliphatic carbocycles. The third-order valence-electron chi connectivity index (χ3n) is 4.91. The molecule has 0 aromatic carbocycles. The lowest BCUT2D eigenvalue weighted by atomic mass is 9.97. The Kier molecular flexibility index (Phi) is 6.08. The van der Waals surface area contributed by atoms with Gasteiger partial charge in [0.25, 0.3) is 5.56 Å². The zero-order valence-corrected chi connectivity index (χ0v) is 16.2. The zero-order valence-electron chi connectivity index (χ0n) is 15.4. The smallest absolute Gasteiger partial charge is 0.269 e. The van der Waals surface area contributed by atoms with E-state index in [2.05, 4.69) is 22.6 Å². The minimum absolute atomic E-state index is 0.00640. The fraction of sp³-hybridized carbons (Fsp3) is 0.526. The number of carbonyl (C=O) groups excluding carboxylic acids is 1. The van der Waals surface area contributed by atoms with Crippen molar-refractivity contribution in [2.24, 2.45) is 0 Å². The number of likely N-dealkylation sites (tertiary alicyclic amines) is 1. The molecule has 1 saturated heterocycles. The Morgan fingerprint density at radius 3 is 2.92 bits per heavy atom. The summed E-state index contributed by atoms with van der Waals surface area (Å²) in [6.07, 6.45) is 6.84. The van der Waals surface area contributed by atoms with Crippen molar-refractivity contribution in [1.29, 1.82) is 0 Å². The molecule has 1 amide bonds. The Balaban J connectivity index is 1.65. The first-order chi connectivity index (χ1) is 12.5. The Bertz CT molecular complexity index is 785. The molecule has 140 valence electrons. The number of carbonyl (C=O) groups is 1. The summed E-state index contributed by atoms with van der Waals surface area (Å²) in [6, 6.07) is 5.99. The third-order valence-corrected chi connectivity index (χ3v) is 5.84. The number of anilines is 1. The van der Waals surface area contributed by atoms with E-state index < -0.39 is 0 Å². The zero-order chi connectivity index (χ0) is 18.5. The first-order valence-electron chi connectivity index (χ1n) is 9.11. The molecule has 0 radical (unpaired) electrons. The standard InChI is InChI=1S/C19H26N4O2S/c1-21(2)16-12-18(24)23(20-13-16)14-19(25)22-10-4-3-6-15(22)8-9-17-7-5-11-26-17/h5,7,11-13,15H,3-4,6,8-10,14H2,1-2H3/t15-/m1/s1. The molecular formula is C19H26N4O2S. The van der Waals surface area contributed by atoms with Crippen LogP contribution in [-0.2, 0) is 17.8 Å². The number of aromatic nitrogens is 2.